The fourth-order valence-corrected chi connectivity index (χ4v) is 3.01. The fourth-order valence-electron chi connectivity index (χ4n) is 3.01. The molecule has 2 heterocycles. The predicted octanol–water partition coefficient (Wildman–Crippen LogP) is 0.729. The Balaban J connectivity index is 1.85. The summed E-state index contributed by atoms with van der Waals surface area (Å²) in [5.41, 5.74) is 0. The molecule has 0 radical (unpaired) electrons. The Bertz CT molecular complexity index is 348. The highest BCUT2D eigenvalue weighted by atomic mass is 16.4. The Labute approximate surface area is 113 Å². The van der Waals surface area contributed by atoms with E-state index in [2.05, 4.69) is 17.1 Å². The lowest BCUT2D eigenvalue weighted by Crippen LogP contribution is -2.61. The normalized spacial score (nSPS) is 27.7. The van der Waals surface area contributed by atoms with Gasteiger partial charge in [-0.05, 0) is 26.3 Å². The molecule has 0 aromatic carbocycles. The van der Waals surface area contributed by atoms with Gasteiger partial charge in [0.15, 0.2) is 0 Å². The number of fused-ring (bicyclic) bond motifs is 1. The largest absolute Gasteiger partial charge is 0.481 e. The van der Waals surface area contributed by atoms with Gasteiger partial charge in [0.2, 0.25) is 0 Å². The van der Waals surface area contributed by atoms with Crippen LogP contribution in [0, 0.1) is 0 Å². The summed E-state index contributed by atoms with van der Waals surface area (Å²) in [6, 6.07) is 0.549. The molecule has 0 aliphatic carbocycles. The molecule has 0 saturated carbocycles. The molecule has 2 fully saturated rings. The summed E-state index contributed by atoms with van der Waals surface area (Å²) in [6.45, 7) is 5.09. The minimum atomic E-state index is -0.884. The Morgan fingerprint density at radius 3 is 2.84 bits per heavy atom. The van der Waals surface area contributed by atoms with Gasteiger partial charge in [-0.15, -0.1) is 0 Å². The molecule has 0 aromatic heterocycles. The standard InChI is InChI=1S/C13H23N3O3/c1-10-8-15-7-3-2-4-11(15)9-16(10)13(19)14-6-5-12(17)18/h10-11H,2-9H2,1H3,(H,14,19)(H,17,18). The van der Waals surface area contributed by atoms with Crippen LogP contribution in [0.25, 0.3) is 0 Å². The van der Waals surface area contributed by atoms with Crippen LogP contribution >= 0.6 is 0 Å². The van der Waals surface area contributed by atoms with E-state index in [1.165, 1.54) is 12.8 Å². The maximum atomic E-state index is 12.1. The van der Waals surface area contributed by atoms with E-state index in [4.69, 9.17) is 5.11 Å². The van der Waals surface area contributed by atoms with E-state index >= 15 is 0 Å². The van der Waals surface area contributed by atoms with Crippen LogP contribution in [0.5, 0.6) is 0 Å². The van der Waals surface area contributed by atoms with Crippen molar-refractivity contribution in [1.29, 1.82) is 0 Å². The highest BCUT2D eigenvalue weighted by Crippen LogP contribution is 2.23. The van der Waals surface area contributed by atoms with Gasteiger partial charge in [-0.1, -0.05) is 6.42 Å². The predicted molar refractivity (Wildman–Crippen MR) is 71.0 cm³/mol. The molecule has 0 bridgehead atoms. The number of rotatable bonds is 3. The van der Waals surface area contributed by atoms with Crippen LogP contribution in [0.1, 0.15) is 32.6 Å². The van der Waals surface area contributed by atoms with Crippen LogP contribution in [0.4, 0.5) is 4.79 Å². The van der Waals surface area contributed by atoms with Crippen molar-refractivity contribution in [2.75, 3.05) is 26.2 Å². The first-order chi connectivity index (χ1) is 9.08. The number of aliphatic carboxylic acids is 1. The average molecular weight is 269 g/mol. The highest BCUT2D eigenvalue weighted by molar-refractivity contribution is 5.75. The van der Waals surface area contributed by atoms with Crippen LogP contribution in [0.2, 0.25) is 0 Å². The third-order valence-electron chi connectivity index (χ3n) is 4.06. The van der Waals surface area contributed by atoms with Crippen LogP contribution in [-0.4, -0.2) is 65.2 Å². The second-order valence-electron chi connectivity index (χ2n) is 5.52. The number of amides is 2. The number of hydrogen-bond acceptors (Lipinski definition) is 3. The lowest BCUT2D eigenvalue weighted by molar-refractivity contribution is -0.136. The van der Waals surface area contributed by atoms with E-state index in [9.17, 15) is 9.59 Å². The van der Waals surface area contributed by atoms with Gasteiger partial charge in [-0.2, -0.15) is 0 Å². The van der Waals surface area contributed by atoms with Crippen LogP contribution in [0.3, 0.4) is 0 Å². The topological polar surface area (TPSA) is 72.9 Å². The van der Waals surface area contributed by atoms with Gasteiger partial charge in [0.05, 0.1) is 6.42 Å². The molecule has 2 atom stereocenters. The van der Waals surface area contributed by atoms with Crippen molar-refractivity contribution in [3.8, 4) is 0 Å². The van der Waals surface area contributed by atoms with Gasteiger partial charge < -0.3 is 15.3 Å². The van der Waals surface area contributed by atoms with Gasteiger partial charge in [0, 0.05) is 31.7 Å². The van der Waals surface area contributed by atoms with Gasteiger partial charge in [-0.3, -0.25) is 9.69 Å². The number of carboxylic acids is 1. The van der Waals surface area contributed by atoms with Crippen molar-refractivity contribution in [1.82, 2.24) is 15.1 Å². The molecule has 19 heavy (non-hydrogen) atoms. The van der Waals surface area contributed by atoms with Gasteiger partial charge in [-0.25, -0.2) is 4.79 Å². The van der Waals surface area contributed by atoms with E-state index in [1.807, 2.05) is 4.90 Å². The molecule has 2 aliphatic rings. The summed E-state index contributed by atoms with van der Waals surface area (Å²) in [4.78, 5) is 26.8. The van der Waals surface area contributed by atoms with Crippen LogP contribution in [0.15, 0.2) is 0 Å². The molecule has 2 amide bonds. The second-order valence-corrected chi connectivity index (χ2v) is 5.52. The summed E-state index contributed by atoms with van der Waals surface area (Å²) >= 11 is 0. The van der Waals surface area contributed by atoms with Gasteiger partial charge >= 0.3 is 12.0 Å². The lowest BCUT2D eigenvalue weighted by atomic mass is 9.97. The summed E-state index contributed by atoms with van der Waals surface area (Å²) in [7, 11) is 0. The zero-order valence-corrected chi connectivity index (χ0v) is 11.5. The number of carbonyl (C=O) groups is 2. The molecule has 2 aliphatic heterocycles. The van der Waals surface area contributed by atoms with Gasteiger partial charge in [0.1, 0.15) is 0 Å². The molecule has 0 spiro atoms. The van der Waals surface area contributed by atoms with E-state index in [-0.39, 0.29) is 25.0 Å². The smallest absolute Gasteiger partial charge is 0.317 e. The van der Waals surface area contributed by atoms with Crippen molar-refractivity contribution < 1.29 is 14.7 Å². The van der Waals surface area contributed by atoms with Crippen LogP contribution < -0.4 is 5.32 Å². The molecule has 0 aromatic rings. The molecular formula is C13H23N3O3. The SMILES string of the molecule is CC1CN2CCCCC2CN1C(=O)NCCC(=O)O. The minimum absolute atomic E-state index is 0.0243. The number of piperidine rings is 1. The number of hydrogen-bond donors (Lipinski definition) is 2. The zero-order valence-electron chi connectivity index (χ0n) is 11.5. The number of carboxylic acid groups (broad SMARTS) is 1. The van der Waals surface area contributed by atoms with E-state index in [0.29, 0.717) is 6.04 Å². The Morgan fingerprint density at radius 2 is 2.11 bits per heavy atom. The Kier molecular flexibility index (Phi) is 4.63. The maximum Gasteiger partial charge on any atom is 0.317 e. The summed E-state index contributed by atoms with van der Waals surface area (Å²) in [5.74, 6) is -0.884. The van der Waals surface area contributed by atoms with Crippen molar-refractivity contribution in [2.45, 2.75) is 44.7 Å². The summed E-state index contributed by atoms with van der Waals surface area (Å²) in [5, 5.41) is 11.3. The maximum absolute atomic E-state index is 12.1. The fraction of sp³-hybridized carbons (Fsp3) is 0.846. The van der Waals surface area contributed by atoms with E-state index < -0.39 is 5.97 Å². The lowest BCUT2D eigenvalue weighted by Gasteiger charge is -2.47. The number of nitrogens with zero attached hydrogens (tertiary/aromatic N) is 2. The zero-order chi connectivity index (χ0) is 13.8. The molecule has 6 heteroatoms. The molecule has 2 rings (SSSR count). The number of carbonyl (C=O) groups excluding carboxylic acids is 1. The molecule has 108 valence electrons. The van der Waals surface area contributed by atoms with Crippen molar-refractivity contribution in [3.05, 3.63) is 0 Å². The molecule has 6 nitrogen and oxygen atoms in total. The minimum Gasteiger partial charge on any atom is -0.481 e. The first-order valence-corrected chi connectivity index (χ1v) is 7.08. The monoisotopic (exact) mass is 269 g/mol. The van der Waals surface area contributed by atoms with Crippen molar-refractivity contribution in [2.24, 2.45) is 0 Å². The summed E-state index contributed by atoms with van der Waals surface area (Å²) in [6.07, 6.45) is 3.63. The average Bonchev–Trinajstić information content (AvgIpc) is 2.37. The quantitative estimate of drug-likeness (QED) is 0.792. The Morgan fingerprint density at radius 1 is 1.32 bits per heavy atom. The number of urea groups is 1. The third-order valence-corrected chi connectivity index (χ3v) is 4.06. The van der Waals surface area contributed by atoms with E-state index in [1.54, 1.807) is 0 Å². The summed E-state index contributed by atoms with van der Waals surface area (Å²) < 4.78 is 0. The first-order valence-electron chi connectivity index (χ1n) is 7.08. The van der Waals surface area contributed by atoms with Crippen molar-refractivity contribution >= 4 is 12.0 Å². The first kappa shape index (κ1) is 14.1. The Hall–Kier alpha value is -1.30. The van der Waals surface area contributed by atoms with Crippen molar-refractivity contribution in [3.63, 3.8) is 0 Å². The third kappa shape index (κ3) is 3.59. The van der Waals surface area contributed by atoms with E-state index in [0.717, 1.165) is 26.1 Å². The van der Waals surface area contributed by atoms with Crippen LogP contribution in [-0.2, 0) is 4.79 Å². The van der Waals surface area contributed by atoms with Gasteiger partial charge in [0.25, 0.3) is 0 Å². The highest BCUT2D eigenvalue weighted by Gasteiger charge is 2.34. The molecule has 2 N–H and O–H groups in total. The molecule has 2 unspecified atom stereocenters. The number of piperazine rings is 1. The molecule has 2 saturated heterocycles. The number of nitrogens with one attached hydrogen (secondary N) is 1. The molecular weight excluding hydrogens is 246 g/mol. The second kappa shape index (κ2) is 6.23.